The number of furan rings is 1. The Kier molecular flexibility index (Phi) is 3.79. The van der Waals surface area contributed by atoms with Crippen molar-refractivity contribution in [3.63, 3.8) is 0 Å². The third-order valence-electron chi connectivity index (χ3n) is 4.48. The van der Waals surface area contributed by atoms with Crippen LogP contribution in [0.4, 0.5) is 5.69 Å². The van der Waals surface area contributed by atoms with Crippen LogP contribution in [0.15, 0.2) is 47.1 Å². The molecule has 1 N–H and O–H groups in total. The van der Waals surface area contributed by atoms with E-state index in [1.165, 1.54) is 0 Å². The molecular formula is C17H22BNO3. The number of anilines is 1. The van der Waals surface area contributed by atoms with Crippen LogP contribution in [0.2, 0.25) is 0 Å². The molecule has 0 bridgehead atoms. The fraction of sp³-hybridized carbons (Fsp3) is 0.412. The van der Waals surface area contributed by atoms with Crippen LogP contribution in [0.3, 0.4) is 0 Å². The smallest absolute Gasteiger partial charge is 0.467 e. The number of rotatable bonds is 4. The lowest BCUT2D eigenvalue weighted by Crippen LogP contribution is -2.41. The summed E-state index contributed by atoms with van der Waals surface area (Å²) in [5.74, 6) is 0.912. The van der Waals surface area contributed by atoms with E-state index < -0.39 is 0 Å². The Morgan fingerprint density at radius 3 is 2.14 bits per heavy atom. The Labute approximate surface area is 132 Å². The number of hydrogen-bond donors (Lipinski definition) is 1. The molecular weight excluding hydrogens is 277 g/mol. The van der Waals surface area contributed by atoms with E-state index in [9.17, 15) is 0 Å². The molecule has 1 aromatic heterocycles. The van der Waals surface area contributed by atoms with Crippen molar-refractivity contribution in [1.82, 2.24) is 0 Å². The minimum Gasteiger partial charge on any atom is -0.467 e. The van der Waals surface area contributed by atoms with Crippen LogP contribution in [-0.2, 0) is 15.9 Å². The molecule has 1 aromatic carbocycles. The van der Waals surface area contributed by atoms with Crippen molar-refractivity contribution in [1.29, 1.82) is 0 Å². The van der Waals surface area contributed by atoms with E-state index in [-0.39, 0.29) is 18.3 Å². The average molecular weight is 299 g/mol. The lowest BCUT2D eigenvalue weighted by Gasteiger charge is -2.32. The van der Waals surface area contributed by atoms with Gasteiger partial charge in [-0.2, -0.15) is 0 Å². The van der Waals surface area contributed by atoms with Crippen molar-refractivity contribution in [2.45, 2.75) is 45.4 Å². The van der Waals surface area contributed by atoms with E-state index in [4.69, 9.17) is 13.7 Å². The highest BCUT2D eigenvalue weighted by Gasteiger charge is 2.51. The van der Waals surface area contributed by atoms with Crippen molar-refractivity contribution in [3.05, 3.63) is 48.4 Å². The van der Waals surface area contributed by atoms with Crippen molar-refractivity contribution in [3.8, 4) is 0 Å². The maximum atomic E-state index is 6.05. The summed E-state index contributed by atoms with van der Waals surface area (Å²) in [4.78, 5) is 0. The summed E-state index contributed by atoms with van der Waals surface area (Å²) in [7, 11) is -0.316. The van der Waals surface area contributed by atoms with Crippen LogP contribution in [0.1, 0.15) is 33.5 Å². The molecule has 5 heteroatoms. The first-order chi connectivity index (χ1) is 10.4. The summed E-state index contributed by atoms with van der Waals surface area (Å²) >= 11 is 0. The fourth-order valence-electron chi connectivity index (χ4n) is 2.34. The molecule has 116 valence electrons. The molecule has 0 saturated carbocycles. The zero-order chi connectivity index (χ0) is 15.8. The molecule has 4 nitrogen and oxygen atoms in total. The molecule has 0 unspecified atom stereocenters. The summed E-state index contributed by atoms with van der Waals surface area (Å²) < 4.78 is 17.4. The van der Waals surface area contributed by atoms with E-state index in [1.54, 1.807) is 6.26 Å². The average Bonchev–Trinajstić information content (AvgIpc) is 3.04. The first-order valence-corrected chi connectivity index (χ1v) is 7.59. The van der Waals surface area contributed by atoms with Gasteiger partial charge in [-0.05, 0) is 57.4 Å². The Hall–Kier alpha value is -1.72. The summed E-state index contributed by atoms with van der Waals surface area (Å²) in [6, 6.07) is 12.0. The summed E-state index contributed by atoms with van der Waals surface area (Å²) in [5.41, 5.74) is 1.45. The van der Waals surface area contributed by atoms with Crippen LogP contribution in [0.25, 0.3) is 0 Å². The number of nitrogens with one attached hydrogen (secondary N) is 1. The van der Waals surface area contributed by atoms with Gasteiger partial charge in [0.2, 0.25) is 0 Å². The van der Waals surface area contributed by atoms with Gasteiger partial charge in [-0.3, -0.25) is 0 Å². The Morgan fingerprint density at radius 2 is 1.59 bits per heavy atom. The molecule has 0 amide bonds. The van der Waals surface area contributed by atoms with Gasteiger partial charge in [-0.25, -0.2) is 0 Å². The second-order valence-corrected chi connectivity index (χ2v) is 6.64. The van der Waals surface area contributed by atoms with Gasteiger partial charge in [0.25, 0.3) is 0 Å². The molecule has 1 aliphatic heterocycles. The minimum absolute atomic E-state index is 0.312. The van der Waals surface area contributed by atoms with Crippen LogP contribution in [0.5, 0.6) is 0 Å². The van der Waals surface area contributed by atoms with Crippen molar-refractivity contribution in [2.24, 2.45) is 0 Å². The molecule has 3 rings (SSSR count). The van der Waals surface area contributed by atoms with Crippen LogP contribution >= 0.6 is 0 Å². The van der Waals surface area contributed by atoms with Gasteiger partial charge in [0.05, 0.1) is 24.0 Å². The quantitative estimate of drug-likeness (QED) is 0.881. The predicted octanol–water partition coefficient (Wildman–Crippen LogP) is 3.19. The molecule has 0 spiro atoms. The van der Waals surface area contributed by atoms with Crippen LogP contribution < -0.4 is 10.8 Å². The lowest BCUT2D eigenvalue weighted by atomic mass is 9.79. The molecule has 1 aliphatic rings. The van der Waals surface area contributed by atoms with Gasteiger partial charge >= 0.3 is 7.12 Å². The highest BCUT2D eigenvalue weighted by Crippen LogP contribution is 2.36. The number of hydrogen-bond acceptors (Lipinski definition) is 4. The van der Waals surface area contributed by atoms with Gasteiger partial charge in [0, 0.05) is 5.69 Å². The van der Waals surface area contributed by atoms with Crippen molar-refractivity contribution in [2.75, 3.05) is 5.32 Å². The summed E-state index contributed by atoms with van der Waals surface area (Å²) in [5, 5.41) is 3.32. The third-order valence-corrected chi connectivity index (χ3v) is 4.48. The maximum Gasteiger partial charge on any atom is 0.494 e. The topological polar surface area (TPSA) is 43.6 Å². The molecule has 0 radical (unpaired) electrons. The van der Waals surface area contributed by atoms with Gasteiger partial charge in [0.1, 0.15) is 5.76 Å². The van der Waals surface area contributed by atoms with Crippen LogP contribution in [-0.4, -0.2) is 18.3 Å². The van der Waals surface area contributed by atoms with Gasteiger partial charge in [0.15, 0.2) is 0 Å². The molecule has 0 aliphatic carbocycles. The second kappa shape index (κ2) is 5.49. The first kappa shape index (κ1) is 15.2. The van der Waals surface area contributed by atoms with Crippen LogP contribution in [0, 0.1) is 0 Å². The Morgan fingerprint density at radius 1 is 0.955 bits per heavy atom. The van der Waals surface area contributed by atoms with E-state index >= 15 is 0 Å². The zero-order valence-electron chi connectivity index (χ0n) is 13.6. The molecule has 2 aromatic rings. The molecule has 0 atom stereocenters. The normalized spacial score (nSPS) is 19.4. The molecule has 2 heterocycles. The highest BCUT2D eigenvalue weighted by molar-refractivity contribution is 6.62. The first-order valence-electron chi connectivity index (χ1n) is 7.59. The van der Waals surface area contributed by atoms with E-state index in [1.807, 2.05) is 36.4 Å². The van der Waals surface area contributed by atoms with Crippen molar-refractivity contribution < 1.29 is 13.7 Å². The van der Waals surface area contributed by atoms with E-state index in [0.29, 0.717) is 6.54 Å². The largest absolute Gasteiger partial charge is 0.494 e. The third kappa shape index (κ3) is 2.92. The zero-order valence-corrected chi connectivity index (χ0v) is 13.6. The Bertz CT molecular complexity index is 604. The summed E-state index contributed by atoms with van der Waals surface area (Å²) in [6.45, 7) is 8.92. The minimum atomic E-state index is -0.316. The Balaban J connectivity index is 1.65. The van der Waals surface area contributed by atoms with E-state index in [2.05, 4.69) is 33.0 Å². The van der Waals surface area contributed by atoms with Gasteiger partial charge in [-0.1, -0.05) is 12.1 Å². The highest BCUT2D eigenvalue weighted by atomic mass is 16.7. The van der Waals surface area contributed by atoms with Gasteiger partial charge in [-0.15, -0.1) is 0 Å². The monoisotopic (exact) mass is 299 g/mol. The second-order valence-electron chi connectivity index (χ2n) is 6.64. The predicted molar refractivity (Wildman–Crippen MR) is 88.2 cm³/mol. The summed E-state index contributed by atoms with van der Waals surface area (Å²) in [6.07, 6.45) is 1.68. The standard InChI is InChI=1S/C17H22BNO3/c1-16(2)17(3,4)22-18(21-16)13-7-9-14(10-8-13)19-12-15-6-5-11-20-15/h5-11,19H,12H2,1-4H3. The van der Waals surface area contributed by atoms with Gasteiger partial charge < -0.3 is 19.0 Å². The lowest BCUT2D eigenvalue weighted by molar-refractivity contribution is 0.00578. The fourth-order valence-corrected chi connectivity index (χ4v) is 2.34. The molecule has 1 fully saturated rings. The molecule has 22 heavy (non-hydrogen) atoms. The number of benzene rings is 1. The molecule has 1 saturated heterocycles. The van der Waals surface area contributed by atoms with Crippen molar-refractivity contribution >= 4 is 18.3 Å². The SMILES string of the molecule is CC1(C)OB(c2ccc(NCc3ccco3)cc2)OC1(C)C. The maximum absolute atomic E-state index is 6.05. The van der Waals surface area contributed by atoms with E-state index in [0.717, 1.165) is 16.9 Å².